The van der Waals surface area contributed by atoms with Gasteiger partial charge in [0, 0.05) is 32.9 Å². The second kappa shape index (κ2) is 6.07. The molecule has 1 aromatic heterocycles. The molecule has 3 rings (SSSR count). The van der Waals surface area contributed by atoms with Crippen LogP contribution < -0.4 is 16.4 Å². The third-order valence-electron chi connectivity index (χ3n) is 3.72. The molecule has 1 aliphatic heterocycles. The number of nitrogens with zero attached hydrogens (tertiary/aromatic N) is 2. The van der Waals surface area contributed by atoms with Gasteiger partial charge < -0.3 is 10.3 Å². The Morgan fingerprint density at radius 1 is 1.35 bits per heavy atom. The van der Waals surface area contributed by atoms with Crippen molar-refractivity contribution >= 4 is 28.6 Å². The number of benzene rings is 1. The van der Waals surface area contributed by atoms with E-state index >= 15 is 0 Å². The second-order valence-corrected chi connectivity index (χ2v) is 5.39. The van der Waals surface area contributed by atoms with Gasteiger partial charge >= 0.3 is 5.69 Å². The maximum Gasteiger partial charge on any atom is 0.326 e. The highest BCUT2D eigenvalue weighted by molar-refractivity contribution is 6.05. The van der Waals surface area contributed by atoms with Crippen molar-refractivity contribution in [3.05, 3.63) is 34.2 Å². The number of imidazole rings is 1. The molecular formula is C15H17N5O3. The first-order chi connectivity index (χ1) is 11.0. The van der Waals surface area contributed by atoms with E-state index in [-0.39, 0.29) is 17.5 Å². The summed E-state index contributed by atoms with van der Waals surface area (Å²) in [6.07, 6.45) is 0.982. The summed E-state index contributed by atoms with van der Waals surface area (Å²) in [5.41, 5.74) is 5.37. The molecule has 0 spiro atoms. The molecule has 0 bridgehead atoms. The molecule has 3 N–H and O–H groups in total. The lowest BCUT2D eigenvalue weighted by molar-refractivity contribution is -0.121. The van der Waals surface area contributed by atoms with Gasteiger partial charge in [0.25, 0.3) is 0 Å². The molecule has 8 heteroatoms. The van der Waals surface area contributed by atoms with Crippen molar-refractivity contribution in [3.63, 3.8) is 0 Å². The van der Waals surface area contributed by atoms with Crippen LogP contribution in [0.15, 0.2) is 28.1 Å². The van der Waals surface area contributed by atoms with Gasteiger partial charge in [0.1, 0.15) is 0 Å². The molecule has 0 unspecified atom stereocenters. The summed E-state index contributed by atoms with van der Waals surface area (Å²) in [5.74, 6) is -0.218. The maximum atomic E-state index is 12.1. The van der Waals surface area contributed by atoms with Gasteiger partial charge in [0.15, 0.2) is 0 Å². The molecule has 23 heavy (non-hydrogen) atoms. The van der Waals surface area contributed by atoms with Crippen molar-refractivity contribution in [1.82, 2.24) is 20.3 Å². The molecule has 120 valence electrons. The number of carbonyl (C=O) groups excluding carboxylic acids is 2. The molecule has 1 aliphatic rings. The Morgan fingerprint density at radius 3 is 2.87 bits per heavy atom. The molecule has 0 aliphatic carbocycles. The smallest absolute Gasteiger partial charge is 0.326 e. The zero-order valence-electron chi connectivity index (χ0n) is 12.7. The van der Waals surface area contributed by atoms with Gasteiger partial charge in [0.2, 0.25) is 11.8 Å². The van der Waals surface area contributed by atoms with Gasteiger partial charge in [-0.15, -0.1) is 0 Å². The zero-order valence-corrected chi connectivity index (χ0v) is 12.7. The summed E-state index contributed by atoms with van der Waals surface area (Å²) in [4.78, 5) is 36.9. The Morgan fingerprint density at radius 2 is 2.17 bits per heavy atom. The highest BCUT2D eigenvalue weighted by atomic mass is 16.2. The molecule has 0 radical (unpaired) electrons. The molecular weight excluding hydrogens is 298 g/mol. The summed E-state index contributed by atoms with van der Waals surface area (Å²) >= 11 is 0. The van der Waals surface area contributed by atoms with Gasteiger partial charge in [-0.2, -0.15) is 5.10 Å². The van der Waals surface area contributed by atoms with E-state index in [0.717, 1.165) is 16.8 Å². The topological polar surface area (TPSA) is 108 Å². The van der Waals surface area contributed by atoms with Crippen LogP contribution in [0.3, 0.4) is 0 Å². The number of hydrogen-bond donors (Lipinski definition) is 3. The van der Waals surface area contributed by atoms with E-state index in [1.54, 1.807) is 4.57 Å². The first-order valence-electron chi connectivity index (χ1n) is 7.37. The average molecular weight is 315 g/mol. The van der Waals surface area contributed by atoms with Crippen LogP contribution in [0.25, 0.3) is 11.0 Å². The number of aromatic nitrogens is 2. The fourth-order valence-electron chi connectivity index (χ4n) is 2.59. The summed E-state index contributed by atoms with van der Waals surface area (Å²) in [5, 5.41) is 6.73. The van der Waals surface area contributed by atoms with Gasteiger partial charge in [0.05, 0.1) is 16.7 Å². The summed E-state index contributed by atoms with van der Waals surface area (Å²) in [6.45, 7) is 2.23. The van der Waals surface area contributed by atoms with Crippen molar-refractivity contribution in [2.24, 2.45) is 5.10 Å². The lowest BCUT2D eigenvalue weighted by Crippen LogP contribution is -2.28. The molecule has 0 fully saturated rings. The Bertz CT molecular complexity index is 862. The molecule has 0 saturated carbocycles. The number of fused-ring (bicyclic) bond motifs is 1. The van der Waals surface area contributed by atoms with E-state index in [9.17, 15) is 14.4 Å². The SMILES string of the molecule is CC(=O)NCCn1c(=O)[nH]c2cc(C3=NNC(=O)CC3)ccc21. The standard InChI is InChI=1S/C15H17N5O3/c1-9(21)16-6-7-20-13-4-2-10(8-12(13)17-15(20)23)11-3-5-14(22)19-18-11/h2,4,8H,3,5-7H2,1H3,(H,16,21)(H,17,23)(H,19,22). The fourth-order valence-corrected chi connectivity index (χ4v) is 2.59. The van der Waals surface area contributed by atoms with Crippen molar-refractivity contribution < 1.29 is 9.59 Å². The molecule has 2 heterocycles. The lowest BCUT2D eigenvalue weighted by Gasteiger charge is -2.12. The Labute approximate surface area is 131 Å². The summed E-state index contributed by atoms with van der Waals surface area (Å²) in [7, 11) is 0. The van der Waals surface area contributed by atoms with E-state index in [2.05, 4.69) is 20.8 Å². The van der Waals surface area contributed by atoms with Crippen LogP contribution in [0, 0.1) is 0 Å². The highest BCUT2D eigenvalue weighted by Crippen LogP contribution is 2.16. The predicted molar refractivity (Wildman–Crippen MR) is 85.2 cm³/mol. The van der Waals surface area contributed by atoms with Crippen molar-refractivity contribution in [2.45, 2.75) is 26.3 Å². The number of hydrazone groups is 1. The van der Waals surface area contributed by atoms with Gasteiger partial charge in [-0.1, -0.05) is 6.07 Å². The van der Waals surface area contributed by atoms with Crippen LogP contribution in [0.5, 0.6) is 0 Å². The van der Waals surface area contributed by atoms with Crippen molar-refractivity contribution in [2.75, 3.05) is 6.54 Å². The van der Waals surface area contributed by atoms with Crippen LogP contribution in [-0.2, 0) is 16.1 Å². The Balaban J connectivity index is 1.88. The molecule has 0 saturated heterocycles. The van der Waals surface area contributed by atoms with Crippen LogP contribution in [0.4, 0.5) is 0 Å². The number of nitrogens with one attached hydrogen (secondary N) is 3. The molecule has 8 nitrogen and oxygen atoms in total. The van der Waals surface area contributed by atoms with E-state index in [1.807, 2.05) is 18.2 Å². The minimum absolute atomic E-state index is 0.0904. The number of aromatic amines is 1. The molecule has 2 aromatic rings. The number of carbonyl (C=O) groups is 2. The molecule has 2 amide bonds. The summed E-state index contributed by atoms with van der Waals surface area (Å²) in [6, 6.07) is 5.57. The van der Waals surface area contributed by atoms with Crippen molar-refractivity contribution in [3.8, 4) is 0 Å². The minimum Gasteiger partial charge on any atom is -0.355 e. The van der Waals surface area contributed by atoms with Crippen LogP contribution in [0.1, 0.15) is 25.3 Å². The van der Waals surface area contributed by atoms with Crippen LogP contribution >= 0.6 is 0 Å². The van der Waals surface area contributed by atoms with Crippen LogP contribution in [-0.4, -0.2) is 33.6 Å². The number of rotatable bonds is 4. The lowest BCUT2D eigenvalue weighted by atomic mass is 10.0. The largest absolute Gasteiger partial charge is 0.355 e. The first kappa shape index (κ1) is 15.0. The third-order valence-corrected chi connectivity index (χ3v) is 3.72. The minimum atomic E-state index is -0.221. The van der Waals surface area contributed by atoms with E-state index < -0.39 is 0 Å². The van der Waals surface area contributed by atoms with Crippen molar-refractivity contribution in [1.29, 1.82) is 0 Å². The quantitative estimate of drug-likeness (QED) is 0.743. The summed E-state index contributed by atoms with van der Waals surface area (Å²) < 4.78 is 1.58. The van der Waals surface area contributed by atoms with Gasteiger partial charge in [-0.05, 0) is 17.7 Å². The Hall–Kier alpha value is -2.90. The predicted octanol–water partition coefficient (Wildman–Crippen LogP) is 0.0798. The Kier molecular flexibility index (Phi) is 3.96. The average Bonchev–Trinajstić information content (AvgIpc) is 2.83. The number of H-pyrrole nitrogens is 1. The van der Waals surface area contributed by atoms with E-state index in [1.165, 1.54) is 6.92 Å². The third kappa shape index (κ3) is 3.15. The van der Waals surface area contributed by atoms with Crippen LogP contribution in [0.2, 0.25) is 0 Å². The normalized spacial score (nSPS) is 14.5. The highest BCUT2D eigenvalue weighted by Gasteiger charge is 2.15. The van der Waals surface area contributed by atoms with Gasteiger partial charge in [-0.25, -0.2) is 10.2 Å². The van der Waals surface area contributed by atoms with Gasteiger partial charge in [-0.3, -0.25) is 14.2 Å². The molecule has 1 aromatic carbocycles. The first-order valence-corrected chi connectivity index (χ1v) is 7.37. The van der Waals surface area contributed by atoms with E-state index in [0.29, 0.717) is 31.4 Å². The zero-order chi connectivity index (χ0) is 16.4. The second-order valence-electron chi connectivity index (χ2n) is 5.39. The number of amides is 2. The maximum absolute atomic E-state index is 12.1. The monoisotopic (exact) mass is 315 g/mol. The fraction of sp³-hybridized carbons (Fsp3) is 0.333. The molecule has 0 atom stereocenters. The van der Waals surface area contributed by atoms with E-state index in [4.69, 9.17) is 0 Å². The number of hydrogen-bond acceptors (Lipinski definition) is 4.